The van der Waals surface area contributed by atoms with Crippen molar-refractivity contribution in [2.24, 2.45) is 0 Å². The Morgan fingerprint density at radius 2 is 2.04 bits per heavy atom. The molecule has 0 unspecified atom stereocenters. The Balaban J connectivity index is 2.03. The van der Waals surface area contributed by atoms with Gasteiger partial charge in [0, 0.05) is 24.2 Å². The Hall–Kier alpha value is -2.16. The van der Waals surface area contributed by atoms with Crippen LogP contribution in [0.2, 0.25) is 0 Å². The molecule has 138 valence electrons. The molecule has 1 saturated heterocycles. The van der Waals surface area contributed by atoms with Crippen LogP contribution in [0, 0.1) is 10.1 Å². The maximum atomic E-state index is 12.6. The number of carbonyl (C=O) groups excluding carboxylic acids is 1. The van der Waals surface area contributed by atoms with Gasteiger partial charge in [0.05, 0.1) is 16.4 Å². The Labute approximate surface area is 146 Å². The van der Waals surface area contributed by atoms with Crippen LogP contribution in [0.25, 0.3) is 0 Å². The van der Waals surface area contributed by atoms with Gasteiger partial charge in [0.15, 0.2) is 16.4 Å². The van der Waals surface area contributed by atoms with Crippen molar-refractivity contribution >= 4 is 21.4 Å². The van der Waals surface area contributed by atoms with Crippen molar-refractivity contribution in [1.29, 1.82) is 0 Å². The first-order chi connectivity index (χ1) is 11.7. The number of hydrogen-bond donors (Lipinski definition) is 0. The molecule has 25 heavy (non-hydrogen) atoms. The minimum Gasteiger partial charge on any atom is -0.484 e. The van der Waals surface area contributed by atoms with E-state index in [2.05, 4.69) is 0 Å². The molecule has 8 nitrogen and oxygen atoms in total. The zero-order valence-corrected chi connectivity index (χ0v) is 15.1. The highest BCUT2D eigenvalue weighted by atomic mass is 32.2. The number of benzene rings is 1. The van der Waals surface area contributed by atoms with E-state index in [9.17, 15) is 23.3 Å². The first-order valence-electron chi connectivity index (χ1n) is 8.12. The molecule has 0 N–H and O–H groups in total. The topological polar surface area (TPSA) is 107 Å². The van der Waals surface area contributed by atoms with E-state index in [-0.39, 0.29) is 41.8 Å². The van der Waals surface area contributed by atoms with Gasteiger partial charge in [0.1, 0.15) is 5.75 Å². The third-order valence-corrected chi connectivity index (χ3v) is 6.12. The van der Waals surface area contributed by atoms with Crippen molar-refractivity contribution in [2.75, 3.05) is 18.1 Å². The smallest absolute Gasteiger partial charge is 0.269 e. The monoisotopic (exact) mass is 370 g/mol. The van der Waals surface area contributed by atoms with Gasteiger partial charge in [0.2, 0.25) is 0 Å². The molecule has 0 spiro atoms. The molecule has 1 aliphatic rings. The molecular weight excluding hydrogens is 348 g/mol. The molecule has 2 rings (SSSR count). The summed E-state index contributed by atoms with van der Waals surface area (Å²) in [6.07, 6.45) is 1.15. The molecule has 1 amide bonds. The van der Waals surface area contributed by atoms with E-state index in [1.54, 1.807) is 4.90 Å². The summed E-state index contributed by atoms with van der Waals surface area (Å²) in [6, 6.07) is 5.04. The van der Waals surface area contributed by atoms with Crippen molar-refractivity contribution in [1.82, 2.24) is 4.90 Å². The fourth-order valence-electron chi connectivity index (χ4n) is 2.88. The quantitative estimate of drug-likeness (QED) is 0.535. The van der Waals surface area contributed by atoms with Crippen LogP contribution in [0.15, 0.2) is 24.3 Å². The van der Waals surface area contributed by atoms with Gasteiger partial charge in [-0.05, 0) is 31.9 Å². The Morgan fingerprint density at radius 1 is 1.40 bits per heavy atom. The number of carbonyl (C=O) groups is 1. The Kier molecular flexibility index (Phi) is 5.99. The molecule has 0 aromatic heterocycles. The summed E-state index contributed by atoms with van der Waals surface area (Å²) in [4.78, 5) is 24.3. The van der Waals surface area contributed by atoms with E-state index in [4.69, 9.17) is 4.74 Å². The van der Waals surface area contributed by atoms with Crippen LogP contribution < -0.4 is 4.74 Å². The molecular formula is C16H22N2O6S. The van der Waals surface area contributed by atoms with Crippen LogP contribution in [0.3, 0.4) is 0 Å². The van der Waals surface area contributed by atoms with Crippen LogP contribution >= 0.6 is 0 Å². The fourth-order valence-corrected chi connectivity index (χ4v) is 4.60. The zero-order valence-electron chi connectivity index (χ0n) is 14.3. The number of amides is 1. The molecule has 1 fully saturated rings. The van der Waals surface area contributed by atoms with Gasteiger partial charge < -0.3 is 9.64 Å². The summed E-state index contributed by atoms with van der Waals surface area (Å²) in [5, 5.41) is 10.6. The lowest BCUT2D eigenvalue weighted by atomic mass is 10.1. The number of nitro groups is 1. The van der Waals surface area contributed by atoms with E-state index in [1.165, 1.54) is 24.3 Å². The maximum Gasteiger partial charge on any atom is 0.269 e. The predicted octanol–water partition coefficient (Wildman–Crippen LogP) is 1.79. The van der Waals surface area contributed by atoms with Crippen LogP contribution in [0.5, 0.6) is 5.75 Å². The van der Waals surface area contributed by atoms with Crippen LogP contribution in [0.4, 0.5) is 5.69 Å². The molecule has 1 heterocycles. The van der Waals surface area contributed by atoms with Gasteiger partial charge >= 0.3 is 0 Å². The van der Waals surface area contributed by atoms with E-state index in [0.717, 1.165) is 0 Å². The Morgan fingerprint density at radius 3 is 2.52 bits per heavy atom. The Bertz CT molecular complexity index is 731. The third-order valence-electron chi connectivity index (χ3n) is 4.37. The van der Waals surface area contributed by atoms with E-state index in [0.29, 0.717) is 18.6 Å². The number of sulfone groups is 1. The minimum atomic E-state index is -3.09. The minimum absolute atomic E-state index is 0.0133. The standard InChI is InChI=1S/C16H22N2O6S/c1-3-12(2)17(14-8-9-25(22,23)11-14)16(19)10-24-15-6-4-13(5-7-15)18(20)21/h4-7,12,14H,3,8-11H2,1-2H3/t12-,14-/m1/s1. The molecule has 0 radical (unpaired) electrons. The van der Waals surface area contributed by atoms with E-state index < -0.39 is 14.8 Å². The molecule has 0 bridgehead atoms. The first-order valence-corrected chi connectivity index (χ1v) is 9.94. The molecule has 0 aliphatic carbocycles. The molecule has 2 atom stereocenters. The normalized spacial score (nSPS) is 20.0. The van der Waals surface area contributed by atoms with Gasteiger partial charge in [0.25, 0.3) is 11.6 Å². The molecule has 0 saturated carbocycles. The maximum absolute atomic E-state index is 12.6. The largest absolute Gasteiger partial charge is 0.484 e. The lowest BCUT2D eigenvalue weighted by Crippen LogP contribution is -2.48. The summed E-state index contributed by atoms with van der Waals surface area (Å²) in [5.74, 6) is 0.152. The number of ether oxygens (including phenoxy) is 1. The summed E-state index contributed by atoms with van der Waals surface area (Å²) in [6.45, 7) is 3.58. The van der Waals surface area contributed by atoms with Crippen molar-refractivity contribution in [3.8, 4) is 5.75 Å². The third kappa shape index (κ3) is 4.91. The highest BCUT2D eigenvalue weighted by Crippen LogP contribution is 2.22. The predicted molar refractivity (Wildman–Crippen MR) is 92.2 cm³/mol. The van der Waals surface area contributed by atoms with Gasteiger partial charge in [-0.1, -0.05) is 6.92 Å². The summed E-state index contributed by atoms with van der Waals surface area (Å²) < 4.78 is 28.9. The SMILES string of the molecule is CC[C@@H](C)N(C(=O)COc1ccc([N+](=O)[O-])cc1)[C@@H]1CCS(=O)(=O)C1. The second kappa shape index (κ2) is 7.81. The first kappa shape index (κ1) is 19.2. The lowest BCUT2D eigenvalue weighted by Gasteiger charge is -2.33. The fraction of sp³-hybridized carbons (Fsp3) is 0.562. The van der Waals surface area contributed by atoms with E-state index >= 15 is 0 Å². The van der Waals surface area contributed by atoms with Crippen molar-refractivity contribution in [3.63, 3.8) is 0 Å². The van der Waals surface area contributed by atoms with E-state index in [1.807, 2.05) is 13.8 Å². The number of nitrogens with zero attached hydrogens (tertiary/aromatic N) is 2. The van der Waals surface area contributed by atoms with Gasteiger partial charge in [-0.2, -0.15) is 0 Å². The van der Waals surface area contributed by atoms with Crippen LogP contribution in [-0.4, -0.2) is 54.3 Å². The summed E-state index contributed by atoms with van der Waals surface area (Å²) in [5.41, 5.74) is -0.0592. The van der Waals surface area contributed by atoms with Crippen molar-refractivity contribution in [2.45, 2.75) is 38.8 Å². The van der Waals surface area contributed by atoms with Crippen molar-refractivity contribution in [3.05, 3.63) is 34.4 Å². The lowest BCUT2D eigenvalue weighted by molar-refractivity contribution is -0.384. The molecule has 1 aromatic carbocycles. The number of hydrogen-bond acceptors (Lipinski definition) is 6. The van der Waals surface area contributed by atoms with Crippen LogP contribution in [-0.2, 0) is 14.6 Å². The highest BCUT2D eigenvalue weighted by Gasteiger charge is 2.36. The molecule has 1 aliphatic heterocycles. The van der Waals surface area contributed by atoms with Gasteiger partial charge in [-0.25, -0.2) is 8.42 Å². The second-order valence-corrected chi connectivity index (χ2v) is 8.38. The summed E-state index contributed by atoms with van der Waals surface area (Å²) >= 11 is 0. The summed E-state index contributed by atoms with van der Waals surface area (Å²) in [7, 11) is -3.09. The number of nitro benzene ring substituents is 1. The molecule has 1 aromatic rings. The molecule has 9 heteroatoms. The number of rotatable bonds is 7. The average Bonchev–Trinajstić information content (AvgIpc) is 2.92. The number of non-ortho nitro benzene ring substituents is 1. The van der Waals surface area contributed by atoms with Gasteiger partial charge in [-0.15, -0.1) is 0 Å². The second-order valence-electron chi connectivity index (χ2n) is 6.15. The van der Waals surface area contributed by atoms with Gasteiger partial charge in [-0.3, -0.25) is 14.9 Å². The highest BCUT2D eigenvalue weighted by molar-refractivity contribution is 7.91. The zero-order chi connectivity index (χ0) is 18.6. The average molecular weight is 370 g/mol. The van der Waals surface area contributed by atoms with Crippen LogP contribution in [0.1, 0.15) is 26.7 Å². The van der Waals surface area contributed by atoms with Crippen molar-refractivity contribution < 1.29 is 22.9 Å².